The largest absolute Gasteiger partial charge is 0.506 e. The summed E-state index contributed by atoms with van der Waals surface area (Å²) in [7, 11) is 4.76. The summed E-state index contributed by atoms with van der Waals surface area (Å²) in [5, 5.41) is 66.5. The second kappa shape index (κ2) is 27.6. The van der Waals surface area contributed by atoms with E-state index >= 15 is 18.8 Å². The van der Waals surface area contributed by atoms with Crippen LogP contribution in [0.25, 0.3) is 49.3 Å². The SMILES string of the molecule is C=C(NC(=O)c1csc(-c2nc3c(cc2O)-c2nc(cs2)C(=O)NC(C(C)O)C(=O)N/C(=C(/C)OC)c2nc(cs2)C(=O)NC2c4nc(cs4)C(=O)NC(COC(=O)c4c5c6c(c(F)ccc6n4O)COC(=O)C(OC4CC(C)(O)C(N(C)C)C(C)O4)C2OC5)c2nc-3cs2)n1)C(N)=O. The molecule has 1 saturated heterocycles. The fraction of sp³-hybridized carbons (Fsp3) is 0.344. The van der Waals surface area contributed by atoms with Gasteiger partial charge in [-0.25, -0.2) is 43.9 Å². The number of nitrogens with two attached hydrogens (primary N) is 1. The van der Waals surface area contributed by atoms with Gasteiger partial charge in [0.1, 0.15) is 125 Å². The van der Waals surface area contributed by atoms with Crippen molar-refractivity contribution >= 4 is 121 Å². The molecule has 11 heterocycles. The van der Waals surface area contributed by atoms with Gasteiger partial charge in [-0.15, -0.1) is 56.7 Å². The number of carbonyl (C=O) groups excluding carboxylic acids is 8. The van der Waals surface area contributed by atoms with Crippen molar-refractivity contribution in [3.8, 4) is 38.4 Å². The lowest BCUT2D eigenvalue weighted by molar-refractivity contribution is -0.280. The predicted molar refractivity (Wildman–Crippen MR) is 350 cm³/mol. The van der Waals surface area contributed by atoms with E-state index in [2.05, 4.69) is 48.1 Å². The molecule has 10 unspecified atom stereocenters. The predicted octanol–water partition coefficient (Wildman–Crippen LogP) is 4.03. The van der Waals surface area contributed by atoms with Crippen LogP contribution in [0.4, 0.5) is 4.39 Å². The molecule has 4 aliphatic heterocycles. The Bertz CT molecular complexity index is 4670. The van der Waals surface area contributed by atoms with Gasteiger partial charge in [-0.1, -0.05) is 6.58 Å². The molecule has 32 nitrogen and oxygen atoms in total. The zero-order valence-corrected chi connectivity index (χ0v) is 57.0. The minimum absolute atomic E-state index is 0.00358. The van der Waals surface area contributed by atoms with E-state index in [4.69, 9.17) is 49.1 Å². The second-order valence-electron chi connectivity index (χ2n) is 23.4. The lowest BCUT2D eigenvalue weighted by atomic mass is 9.85. The molecule has 1 aromatic carbocycles. The number of nitrogens with one attached hydrogen (secondary N) is 5. The molecule has 518 valence electrons. The monoisotopic (exact) mass is 1450 g/mol. The number of carbonyl (C=O) groups is 8. The van der Waals surface area contributed by atoms with Crippen LogP contribution in [-0.2, 0) is 56.0 Å². The van der Waals surface area contributed by atoms with Gasteiger partial charge >= 0.3 is 11.9 Å². The third-order valence-corrected chi connectivity index (χ3v) is 20.9. The number of thiazole rings is 5. The van der Waals surface area contributed by atoms with Crippen LogP contribution < -0.4 is 32.3 Å². The van der Waals surface area contributed by atoms with Crippen molar-refractivity contribution in [2.24, 2.45) is 5.73 Å². The molecule has 1 fully saturated rings. The van der Waals surface area contributed by atoms with Crippen molar-refractivity contribution < 1.29 is 91.7 Å². The van der Waals surface area contributed by atoms with Gasteiger partial charge in [-0.2, -0.15) is 4.73 Å². The van der Waals surface area contributed by atoms with Gasteiger partial charge in [-0.05, 0) is 60.0 Å². The highest BCUT2D eigenvalue weighted by Gasteiger charge is 2.50. The number of fused-ring (bicyclic) bond motifs is 15. The minimum atomic E-state index is -2.05. The van der Waals surface area contributed by atoms with Crippen LogP contribution in [0.15, 0.2) is 63.1 Å². The third-order valence-electron chi connectivity index (χ3n) is 16.4. The highest BCUT2D eigenvalue weighted by atomic mass is 32.1. The number of aromatic nitrogens is 7. The van der Waals surface area contributed by atoms with Crippen LogP contribution in [0.3, 0.4) is 0 Å². The van der Waals surface area contributed by atoms with Crippen molar-refractivity contribution in [1.82, 2.24) is 66.1 Å². The highest BCUT2D eigenvalue weighted by Crippen LogP contribution is 2.43. The molecule has 12 rings (SSSR count). The van der Waals surface area contributed by atoms with Crippen LogP contribution in [0, 0.1) is 5.82 Å². The third kappa shape index (κ3) is 13.6. The van der Waals surface area contributed by atoms with Gasteiger partial charge < -0.3 is 86.2 Å². The second-order valence-corrected chi connectivity index (χ2v) is 27.8. The smallest absolute Gasteiger partial charge is 0.358 e. The van der Waals surface area contributed by atoms with E-state index in [9.17, 15) is 44.5 Å². The molecule has 4 aliphatic rings. The normalized spacial score (nSPS) is 23.9. The number of halogens is 1. The summed E-state index contributed by atoms with van der Waals surface area (Å²) in [5.41, 5.74) is 0.418. The number of hydrogen-bond acceptors (Lipinski definition) is 30. The quantitative estimate of drug-likeness (QED) is 0.0422. The van der Waals surface area contributed by atoms with E-state index in [1.54, 1.807) is 32.8 Å². The van der Waals surface area contributed by atoms with Crippen molar-refractivity contribution in [2.45, 2.75) is 108 Å². The lowest BCUT2D eigenvalue weighted by Gasteiger charge is -2.48. The number of aliphatic hydroxyl groups excluding tert-OH is 1. The van der Waals surface area contributed by atoms with E-state index in [-0.39, 0.29) is 110 Å². The summed E-state index contributed by atoms with van der Waals surface area (Å²) in [6.45, 7) is 6.94. The van der Waals surface area contributed by atoms with Crippen LogP contribution in [0.5, 0.6) is 5.75 Å². The van der Waals surface area contributed by atoms with Crippen LogP contribution in [-0.4, -0.2) is 184 Å². The summed E-state index contributed by atoms with van der Waals surface area (Å²) < 4.78 is 54.1. The Balaban J connectivity index is 1.05. The molecule has 99 heavy (non-hydrogen) atoms. The number of allylic oxidation sites excluding steroid dienone is 1. The minimum Gasteiger partial charge on any atom is -0.506 e. The summed E-state index contributed by atoms with van der Waals surface area (Å²) >= 11 is 4.30. The van der Waals surface area contributed by atoms with E-state index in [0.29, 0.717) is 4.73 Å². The van der Waals surface area contributed by atoms with Crippen molar-refractivity contribution in [3.63, 3.8) is 0 Å². The molecule has 11 N–H and O–H groups in total. The molecule has 0 aliphatic carbocycles. The standard InChI is InChI=1S/C61H59FN14O18S5/c1-21(48(63)79)64-49(80)31-18-98-57(69-31)42-36(78)11-25-41(71-42)30-16-96-55(66-30)29-15-92-59(85)44-27-14-90-45(46(94-37-12-61(5,87)47(75(6)7)24(4)93-37)60(86)91-13-26-28(62)9-10-35(38(26)27)76(44)88)43(58-70-32(19-99-58)50(81)65-29)74-52(83)34-20-97-56(68-34)40(23(3)89-8)73-53(84)39(22(2)77)72-51(82)33-17-95-54(25)67-33/h9-11,16-20,22,24,29,37,39,43,45-47,77-78,87-88H,1,12-15H2,2-8H3,(H2,63,79)(H,64,80)(H,65,81)(H,72,82)(H,73,84)(H,74,83)/b40-23-. The van der Waals surface area contributed by atoms with Gasteiger partial charge in [0, 0.05) is 55.4 Å². The van der Waals surface area contributed by atoms with Gasteiger partial charge in [0.15, 0.2) is 18.1 Å². The molecule has 6 amide bonds. The molecule has 38 heteroatoms. The number of rotatable bonds is 9. The number of amides is 6. The number of benzene rings is 1. The Kier molecular flexibility index (Phi) is 19.3. The van der Waals surface area contributed by atoms with Gasteiger partial charge in [-0.3, -0.25) is 28.8 Å². The first kappa shape index (κ1) is 69.3. The Morgan fingerprint density at radius 1 is 0.859 bits per heavy atom. The number of cyclic esters (lactones) is 2. The highest BCUT2D eigenvalue weighted by molar-refractivity contribution is 7.14. The zero-order valence-electron chi connectivity index (χ0n) is 52.9. The van der Waals surface area contributed by atoms with E-state index in [1.807, 2.05) is 0 Å². The number of aromatic hydroxyl groups is 1. The Hall–Kier alpha value is -9.61. The van der Waals surface area contributed by atoms with Crippen LogP contribution in [0.1, 0.15) is 125 Å². The average Bonchev–Trinajstić information content (AvgIpc) is 1.62. The molecule has 7 aromatic heterocycles. The van der Waals surface area contributed by atoms with Crippen molar-refractivity contribution in [1.29, 1.82) is 0 Å². The maximum atomic E-state index is 16.5. The number of nitrogens with zero attached hydrogens (tertiary/aromatic N) is 8. The lowest BCUT2D eigenvalue weighted by Crippen LogP contribution is -2.62. The molecular weight excluding hydrogens is 1400 g/mol. The number of methoxy groups -OCH3 is 1. The van der Waals surface area contributed by atoms with E-state index < -0.39 is 151 Å². The van der Waals surface area contributed by atoms with Gasteiger partial charge in [0.2, 0.25) is 5.91 Å². The molecule has 12 bridgehead atoms. The first-order valence-electron chi connectivity index (χ1n) is 29.8. The summed E-state index contributed by atoms with van der Waals surface area (Å²) in [5.74, 6) is -9.70. The van der Waals surface area contributed by atoms with Gasteiger partial charge in [0.05, 0.1) is 48.8 Å². The summed E-state index contributed by atoms with van der Waals surface area (Å²) in [6, 6.07) is -2.12. The van der Waals surface area contributed by atoms with Crippen LogP contribution >= 0.6 is 56.7 Å². The Morgan fingerprint density at radius 2 is 1.52 bits per heavy atom. The Labute approximate surface area is 578 Å². The number of pyridine rings is 1. The fourth-order valence-corrected chi connectivity index (χ4v) is 15.9. The first-order chi connectivity index (χ1) is 47.1. The average molecular weight is 1460 g/mol. The molecule has 0 radical (unpaired) electrons. The number of aliphatic hydroxyl groups is 2. The molecule has 10 atom stereocenters. The first-order valence-corrected chi connectivity index (χ1v) is 34.2. The van der Waals surface area contributed by atoms with E-state index in [1.165, 1.54) is 53.9 Å². The fourth-order valence-electron chi connectivity index (χ4n) is 11.8. The molecule has 8 aromatic rings. The number of esters is 2. The van der Waals surface area contributed by atoms with Crippen LogP contribution in [0.2, 0.25) is 0 Å². The Morgan fingerprint density at radius 3 is 2.22 bits per heavy atom. The maximum Gasteiger partial charge on any atom is 0.358 e. The number of likely N-dealkylation sites (N-methyl/N-ethyl adjacent to an activating group) is 1. The van der Waals surface area contributed by atoms with Crippen molar-refractivity contribution in [2.75, 3.05) is 27.8 Å². The van der Waals surface area contributed by atoms with Gasteiger partial charge in [0.25, 0.3) is 29.5 Å². The maximum absolute atomic E-state index is 16.5. The summed E-state index contributed by atoms with van der Waals surface area (Å²) in [6.07, 6.45) is -7.99. The number of primary amides is 1. The number of hydrogen-bond donors (Lipinski definition) is 10. The molecule has 0 spiro atoms. The number of ether oxygens (including phenoxy) is 6. The zero-order chi connectivity index (χ0) is 70.8. The summed E-state index contributed by atoms with van der Waals surface area (Å²) in [4.78, 5) is 143. The topological polar surface area (TPSA) is 445 Å². The van der Waals surface area contributed by atoms with Crippen molar-refractivity contribution in [3.05, 3.63) is 124 Å². The molecule has 0 saturated carbocycles. The molecular formula is C61H59FN14O18S5. The van der Waals surface area contributed by atoms with E-state index in [0.717, 1.165) is 68.8 Å².